The highest BCUT2D eigenvalue weighted by molar-refractivity contribution is 7.89. The highest BCUT2D eigenvalue weighted by atomic mass is 35.5. The molecule has 5 nitrogen and oxygen atoms in total. The largest absolute Gasteiger partial charge is 0.399 e. The third kappa shape index (κ3) is 2.93. The molecule has 0 amide bonds. The van der Waals surface area contributed by atoms with Gasteiger partial charge in [-0.2, -0.15) is 4.31 Å². The summed E-state index contributed by atoms with van der Waals surface area (Å²) in [7, 11) is -1.53. The Kier molecular flexibility index (Phi) is 4.59. The molecule has 1 atom stereocenters. The van der Waals surface area contributed by atoms with E-state index in [1.807, 2.05) is 7.05 Å². The monoisotopic (exact) mass is 317 g/mol. The summed E-state index contributed by atoms with van der Waals surface area (Å²) in [6, 6.07) is 4.76. The van der Waals surface area contributed by atoms with Crippen molar-refractivity contribution < 1.29 is 8.42 Å². The minimum absolute atomic E-state index is 0.132. The Morgan fingerprint density at radius 2 is 2.10 bits per heavy atom. The molecule has 1 fully saturated rings. The van der Waals surface area contributed by atoms with Crippen LogP contribution in [0, 0.1) is 0 Å². The molecule has 1 aromatic rings. The number of nitrogens with zero attached hydrogens (tertiary/aromatic N) is 2. The standard InChI is InChI=1S/C13H20ClN3O2S/c1-3-11-9-17(7-6-16(11)2)20(18,19)13-5-4-10(15)8-12(13)14/h4-5,8,11H,3,6-7,9,15H2,1-2H3. The quantitative estimate of drug-likeness (QED) is 0.861. The summed E-state index contributed by atoms with van der Waals surface area (Å²) >= 11 is 6.04. The second kappa shape index (κ2) is 5.89. The van der Waals surface area contributed by atoms with Crippen LogP contribution in [0.15, 0.2) is 23.1 Å². The van der Waals surface area contributed by atoms with Crippen LogP contribution in [-0.4, -0.2) is 50.3 Å². The van der Waals surface area contributed by atoms with Crippen molar-refractivity contribution in [3.63, 3.8) is 0 Å². The molecular formula is C13H20ClN3O2S. The Morgan fingerprint density at radius 3 is 2.70 bits per heavy atom. The summed E-state index contributed by atoms with van der Waals surface area (Å²) < 4.78 is 26.9. The first-order valence-electron chi connectivity index (χ1n) is 6.61. The summed E-state index contributed by atoms with van der Waals surface area (Å²) in [6.07, 6.45) is 0.915. The van der Waals surface area contributed by atoms with Crippen LogP contribution in [0.1, 0.15) is 13.3 Å². The van der Waals surface area contributed by atoms with Gasteiger partial charge < -0.3 is 10.6 Å². The van der Waals surface area contributed by atoms with E-state index >= 15 is 0 Å². The molecule has 0 aromatic heterocycles. The molecule has 2 N–H and O–H groups in total. The Morgan fingerprint density at radius 1 is 1.40 bits per heavy atom. The van der Waals surface area contributed by atoms with Gasteiger partial charge in [-0.05, 0) is 31.7 Å². The van der Waals surface area contributed by atoms with Crippen molar-refractivity contribution in [2.45, 2.75) is 24.3 Å². The van der Waals surface area contributed by atoms with Crippen molar-refractivity contribution in [3.8, 4) is 0 Å². The SMILES string of the molecule is CCC1CN(S(=O)(=O)c2ccc(N)cc2Cl)CCN1C. The van der Waals surface area contributed by atoms with Gasteiger partial charge in [-0.15, -0.1) is 0 Å². The zero-order valence-corrected chi connectivity index (χ0v) is 13.3. The normalized spacial score (nSPS) is 22.1. The molecule has 0 aliphatic carbocycles. The number of hydrogen-bond acceptors (Lipinski definition) is 4. The van der Waals surface area contributed by atoms with Gasteiger partial charge in [-0.25, -0.2) is 8.42 Å². The number of halogens is 1. The lowest BCUT2D eigenvalue weighted by Crippen LogP contribution is -2.52. The fraction of sp³-hybridized carbons (Fsp3) is 0.538. The maximum Gasteiger partial charge on any atom is 0.244 e. The molecule has 0 spiro atoms. The fourth-order valence-electron chi connectivity index (χ4n) is 2.44. The maximum atomic E-state index is 12.7. The Hall–Kier alpha value is -0.820. The van der Waals surface area contributed by atoms with E-state index in [1.54, 1.807) is 6.07 Å². The molecule has 1 aliphatic heterocycles. The van der Waals surface area contributed by atoms with Gasteiger partial charge in [0.1, 0.15) is 4.90 Å². The maximum absolute atomic E-state index is 12.7. The van der Waals surface area contributed by atoms with Crippen molar-refractivity contribution in [2.24, 2.45) is 0 Å². The van der Waals surface area contributed by atoms with Gasteiger partial charge in [0, 0.05) is 31.4 Å². The number of benzene rings is 1. The summed E-state index contributed by atoms with van der Waals surface area (Å²) in [5.74, 6) is 0. The van der Waals surface area contributed by atoms with Crippen LogP contribution in [-0.2, 0) is 10.0 Å². The van der Waals surface area contributed by atoms with Gasteiger partial charge in [0.2, 0.25) is 10.0 Å². The van der Waals surface area contributed by atoms with Crippen LogP contribution in [0.5, 0.6) is 0 Å². The molecule has 1 saturated heterocycles. The summed E-state index contributed by atoms with van der Waals surface area (Å²) in [6.45, 7) is 3.77. The van der Waals surface area contributed by atoms with Crippen molar-refractivity contribution in [3.05, 3.63) is 23.2 Å². The average molecular weight is 318 g/mol. The lowest BCUT2D eigenvalue weighted by molar-refractivity contribution is 0.144. The molecule has 1 aliphatic rings. The minimum atomic E-state index is -3.56. The lowest BCUT2D eigenvalue weighted by Gasteiger charge is -2.38. The number of anilines is 1. The van der Waals surface area contributed by atoms with Crippen LogP contribution < -0.4 is 5.73 Å². The summed E-state index contributed by atoms with van der Waals surface area (Å²) in [5.41, 5.74) is 6.07. The van der Waals surface area contributed by atoms with E-state index in [0.717, 1.165) is 13.0 Å². The number of hydrogen-bond donors (Lipinski definition) is 1. The number of nitrogens with two attached hydrogens (primary N) is 1. The summed E-state index contributed by atoms with van der Waals surface area (Å²) in [4.78, 5) is 2.32. The second-order valence-electron chi connectivity index (χ2n) is 5.10. The molecule has 7 heteroatoms. The topological polar surface area (TPSA) is 66.6 Å². The van der Waals surface area contributed by atoms with Gasteiger partial charge in [0.15, 0.2) is 0 Å². The lowest BCUT2D eigenvalue weighted by atomic mass is 10.1. The predicted molar refractivity (Wildman–Crippen MR) is 81.3 cm³/mol. The van der Waals surface area contributed by atoms with Gasteiger partial charge in [0.25, 0.3) is 0 Å². The molecule has 0 radical (unpaired) electrons. The highest BCUT2D eigenvalue weighted by Crippen LogP contribution is 2.28. The van der Waals surface area contributed by atoms with Crippen LogP contribution in [0.4, 0.5) is 5.69 Å². The molecule has 2 rings (SSSR count). The van der Waals surface area contributed by atoms with E-state index in [2.05, 4.69) is 11.8 Å². The molecule has 20 heavy (non-hydrogen) atoms. The van der Waals surface area contributed by atoms with E-state index in [-0.39, 0.29) is 16.0 Å². The van der Waals surface area contributed by atoms with E-state index < -0.39 is 10.0 Å². The van der Waals surface area contributed by atoms with Crippen LogP contribution in [0.25, 0.3) is 0 Å². The smallest absolute Gasteiger partial charge is 0.244 e. The first-order chi connectivity index (χ1) is 9.36. The third-order valence-corrected chi connectivity index (χ3v) is 6.13. The van der Waals surface area contributed by atoms with Gasteiger partial charge >= 0.3 is 0 Å². The van der Waals surface area contributed by atoms with Crippen molar-refractivity contribution in [2.75, 3.05) is 32.4 Å². The minimum Gasteiger partial charge on any atom is -0.399 e. The average Bonchev–Trinajstić information content (AvgIpc) is 2.38. The number of sulfonamides is 1. The molecule has 0 saturated carbocycles. The van der Waals surface area contributed by atoms with Crippen LogP contribution in [0.3, 0.4) is 0 Å². The zero-order chi connectivity index (χ0) is 14.9. The molecule has 0 bridgehead atoms. The number of likely N-dealkylation sites (N-methyl/N-ethyl adjacent to an activating group) is 1. The van der Waals surface area contributed by atoms with Crippen LogP contribution in [0.2, 0.25) is 5.02 Å². The zero-order valence-electron chi connectivity index (χ0n) is 11.7. The molecule has 1 aromatic carbocycles. The second-order valence-corrected chi connectivity index (χ2v) is 7.41. The van der Waals surface area contributed by atoms with Crippen LogP contribution >= 0.6 is 11.6 Å². The van der Waals surface area contributed by atoms with Crippen molar-refractivity contribution in [1.82, 2.24) is 9.21 Å². The first-order valence-corrected chi connectivity index (χ1v) is 8.43. The molecule has 112 valence electrons. The Balaban J connectivity index is 2.31. The van der Waals surface area contributed by atoms with E-state index in [4.69, 9.17) is 17.3 Å². The fourth-order valence-corrected chi connectivity index (χ4v) is 4.44. The number of rotatable bonds is 3. The molecule has 1 heterocycles. The highest BCUT2D eigenvalue weighted by Gasteiger charge is 2.33. The first kappa shape index (κ1) is 15.6. The number of piperazine rings is 1. The molecule has 1 unspecified atom stereocenters. The number of nitrogen functional groups attached to an aromatic ring is 1. The van der Waals surface area contributed by atoms with Gasteiger partial charge in [0.05, 0.1) is 5.02 Å². The van der Waals surface area contributed by atoms with Gasteiger partial charge in [-0.3, -0.25) is 0 Å². The predicted octanol–water partition coefficient (Wildman–Crippen LogP) is 1.64. The van der Waals surface area contributed by atoms with Crippen molar-refractivity contribution >= 4 is 27.3 Å². The van der Waals surface area contributed by atoms with E-state index in [0.29, 0.717) is 18.8 Å². The Labute approximate surface area is 125 Å². The summed E-state index contributed by atoms with van der Waals surface area (Å²) in [5, 5.41) is 0.178. The molecular weight excluding hydrogens is 298 g/mol. The van der Waals surface area contributed by atoms with Crippen molar-refractivity contribution in [1.29, 1.82) is 0 Å². The van der Waals surface area contributed by atoms with E-state index in [9.17, 15) is 8.42 Å². The Bertz CT molecular complexity index is 591. The van der Waals surface area contributed by atoms with Gasteiger partial charge in [-0.1, -0.05) is 18.5 Å². The van der Waals surface area contributed by atoms with E-state index in [1.165, 1.54) is 16.4 Å². The third-order valence-electron chi connectivity index (χ3n) is 3.78.